The van der Waals surface area contributed by atoms with Crippen LogP contribution in [0, 0.1) is 13.8 Å². The Morgan fingerprint density at radius 2 is 1.75 bits per heavy atom. The predicted molar refractivity (Wildman–Crippen MR) is 108 cm³/mol. The Kier molecular flexibility index (Phi) is 5.80. The van der Waals surface area contributed by atoms with Crippen LogP contribution in [-0.4, -0.2) is 44.1 Å². The smallest absolute Gasteiger partial charge is 0.278 e. The Hall–Kier alpha value is -3.12. The fourth-order valence-corrected chi connectivity index (χ4v) is 3.30. The van der Waals surface area contributed by atoms with Crippen LogP contribution in [-0.2, 0) is 14.3 Å². The van der Waals surface area contributed by atoms with E-state index >= 15 is 0 Å². The van der Waals surface area contributed by atoms with Gasteiger partial charge in [-0.15, -0.1) is 0 Å². The molecule has 0 radical (unpaired) electrons. The van der Waals surface area contributed by atoms with Gasteiger partial charge >= 0.3 is 0 Å². The largest absolute Gasteiger partial charge is 0.495 e. The maximum absolute atomic E-state index is 13.1. The Bertz CT molecular complexity index is 949. The second-order valence-corrected chi connectivity index (χ2v) is 6.65. The molecule has 3 rings (SSSR count). The zero-order valence-electron chi connectivity index (χ0n) is 16.5. The normalized spacial score (nSPS) is 14.1. The van der Waals surface area contributed by atoms with Gasteiger partial charge in [-0.2, -0.15) is 0 Å². The average molecular weight is 380 g/mol. The van der Waals surface area contributed by atoms with Crippen LogP contribution in [0.15, 0.2) is 48.2 Å². The Labute approximate surface area is 164 Å². The molecule has 0 spiro atoms. The minimum absolute atomic E-state index is 0.194. The van der Waals surface area contributed by atoms with Crippen LogP contribution in [0.2, 0.25) is 0 Å². The third kappa shape index (κ3) is 3.64. The molecule has 1 heterocycles. The van der Waals surface area contributed by atoms with Gasteiger partial charge in [-0.05, 0) is 37.1 Å². The minimum atomic E-state index is -0.372. The molecule has 0 aromatic heterocycles. The van der Waals surface area contributed by atoms with Gasteiger partial charge in [0.05, 0.1) is 31.5 Å². The van der Waals surface area contributed by atoms with Crippen LogP contribution in [0.5, 0.6) is 5.75 Å². The molecule has 2 aromatic carbocycles. The number of para-hydroxylation sites is 2. The number of ether oxygens (including phenoxy) is 2. The number of aryl methyl sites for hydroxylation is 2. The maximum Gasteiger partial charge on any atom is 0.278 e. The first kappa shape index (κ1) is 19.6. The van der Waals surface area contributed by atoms with Gasteiger partial charge in [-0.25, -0.2) is 0 Å². The molecular formula is C22H24N2O4. The highest BCUT2D eigenvalue weighted by Crippen LogP contribution is 2.34. The van der Waals surface area contributed by atoms with Crippen molar-refractivity contribution < 1.29 is 19.1 Å². The number of hydrogen-bond donors (Lipinski definition) is 1. The van der Waals surface area contributed by atoms with Crippen LogP contribution >= 0.6 is 0 Å². The summed E-state index contributed by atoms with van der Waals surface area (Å²) in [6.45, 7) is 4.40. The van der Waals surface area contributed by atoms with Crippen molar-refractivity contribution in [1.29, 1.82) is 0 Å². The van der Waals surface area contributed by atoms with Crippen LogP contribution in [0.25, 0.3) is 5.57 Å². The van der Waals surface area contributed by atoms with E-state index < -0.39 is 0 Å². The first-order valence-electron chi connectivity index (χ1n) is 9.05. The van der Waals surface area contributed by atoms with E-state index in [1.54, 1.807) is 19.2 Å². The zero-order valence-corrected chi connectivity index (χ0v) is 16.5. The van der Waals surface area contributed by atoms with E-state index in [9.17, 15) is 9.59 Å². The lowest BCUT2D eigenvalue weighted by molar-refractivity contribution is -0.137. The number of carbonyl (C=O) groups is 2. The third-order valence-corrected chi connectivity index (χ3v) is 4.70. The van der Waals surface area contributed by atoms with Crippen molar-refractivity contribution in [3.63, 3.8) is 0 Å². The number of amides is 2. The number of nitrogens with one attached hydrogen (secondary N) is 1. The summed E-state index contributed by atoms with van der Waals surface area (Å²) in [5.74, 6) is -0.111. The van der Waals surface area contributed by atoms with Gasteiger partial charge in [0, 0.05) is 7.11 Å². The summed E-state index contributed by atoms with van der Waals surface area (Å²) in [4.78, 5) is 27.4. The van der Waals surface area contributed by atoms with Crippen LogP contribution in [0.1, 0.15) is 16.7 Å². The number of benzene rings is 2. The molecular weight excluding hydrogens is 356 g/mol. The quantitative estimate of drug-likeness (QED) is 0.748. The number of carbonyl (C=O) groups excluding carboxylic acids is 2. The molecule has 0 saturated heterocycles. The molecule has 146 valence electrons. The molecule has 2 aromatic rings. The minimum Gasteiger partial charge on any atom is -0.495 e. The van der Waals surface area contributed by atoms with Crippen LogP contribution < -0.4 is 10.1 Å². The number of nitrogens with zero attached hydrogens (tertiary/aromatic N) is 1. The number of anilines is 1. The molecule has 0 atom stereocenters. The second kappa shape index (κ2) is 8.27. The average Bonchev–Trinajstić information content (AvgIpc) is 2.91. The summed E-state index contributed by atoms with van der Waals surface area (Å²) in [6, 6.07) is 13.1. The van der Waals surface area contributed by atoms with E-state index in [2.05, 4.69) is 5.32 Å². The number of rotatable bonds is 7. The van der Waals surface area contributed by atoms with Gasteiger partial charge in [-0.1, -0.05) is 35.9 Å². The van der Waals surface area contributed by atoms with E-state index in [0.717, 1.165) is 16.7 Å². The molecule has 6 nitrogen and oxygen atoms in total. The van der Waals surface area contributed by atoms with E-state index in [0.29, 0.717) is 17.0 Å². The van der Waals surface area contributed by atoms with E-state index in [4.69, 9.17) is 9.47 Å². The highest BCUT2D eigenvalue weighted by Gasteiger charge is 2.39. The molecule has 1 aliphatic heterocycles. The van der Waals surface area contributed by atoms with Crippen molar-refractivity contribution in [2.75, 3.05) is 32.7 Å². The van der Waals surface area contributed by atoms with Crippen molar-refractivity contribution in [3.8, 4) is 5.75 Å². The fourth-order valence-electron chi connectivity index (χ4n) is 3.30. The molecule has 0 unspecified atom stereocenters. The molecule has 2 amide bonds. The van der Waals surface area contributed by atoms with Crippen LogP contribution in [0.3, 0.4) is 0 Å². The first-order chi connectivity index (χ1) is 13.5. The fraction of sp³-hybridized carbons (Fsp3) is 0.273. The molecule has 6 heteroatoms. The molecule has 1 N–H and O–H groups in total. The lowest BCUT2D eigenvalue weighted by Gasteiger charge is -2.15. The predicted octanol–water partition coefficient (Wildman–Crippen LogP) is 3.15. The van der Waals surface area contributed by atoms with E-state index in [1.165, 1.54) is 12.0 Å². The Morgan fingerprint density at radius 3 is 2.43 bits per heavy atom. The van der Waals surface area contributed by atoms with Crippen molar-refractivity contribution in [2.24, 2.45) is 0 Å². The van der Waals surface area contributed by atoms with Gasteiger partial charge in [0.2, 0.25) is 0 Å². The van der Waals surface area contributed by atoms with Crippen molar-refractivity contribution in [1.82, 2.24) is 4.90 Å². The number of methoxy groups -OCH3 is 2. The Morgan fingerprint density at radius 1 is 1.00 bits per heavy atom. The SMILES string of the molecule is COCCN1C(=O)C(Nc2ccccc2OC)=C(c2ccc(C)cc2C)C1=O. The van der Waals surface area contributed by atoms with E-state index in [1.807, 2.05) is 44.2 Å². The summed E-state index contributed by atoms with van der Waals surface area (Å²) in [7, 11) is 3.10. The second-order valence-electron chi connectivity index (χ2n) is 6.65. The molecule has 1 aliphatic rings. The van der Waals surface area contributed by atoms with Gasteiger partial charge in [0.1, 0.15) is 11.4 Å². The van der Waals surface area contributed by atoms with Crippen LogP contribution in [0.4, 0.5) is 5.69 Å². The molecule has 0 aliphatic carbocycles. The standard InChI is InChI=1S/C22H24N2O4/c1-14-9-10-16(15(2)13-14)19-20(22(26)24(21(19)25)11-12-27-3)23-17-7-5-6-8-18(17)28-4/h5-10,13,23H,11-12H2,1-4H3. The van der Waals surface area contributed by atoms with Gasteiger partial charge in [0.25, 0.3) is 11.8 Å². The van der Waals surface area contributed by atoms with Crippen molar-refractivity contribution in [2.45, 2.75) is 13.8 Å². The summed E-state index contributed by atoms with van der Waals surface area (Å²) in [5.41, 5.74) is 4.00. The van der Waals surface area contributed by atoms with Gasteiger partial charge in [0.15, 0.2) is 0 Å². The lowest BCUT2D eigenvalue weighted by atomic mass is 9.97. The van der Waals surface area contributed by atoms with Crippen molar-refractivity contribution >= 4 is 23.1 Å². The summed E-state index contributed by atoms with van der Waals surface area (Å²) in [6.07, 6.45) is 0. The van der Waals surface area contributed by atoms with Gasteiger partial charge in [-0.3, -0.25) is 14.5 Å². The highest BCUT2D eigenvalue weighted by molar-refractivity contribution is 6.36. The Balaban J connectivity index is 2.11. The summed E-state index contributed by atoms with van der Waals surface area (Å²) in [5, 5.41) is 3.14. The molecule has 0 bridgehead atoms. The molecule has 0 fully saturated rings. The number of imide groups is 1. The molecule has 28 heavy (non-hydrogen) atoms. The highest BCUT2D eigenvalue weighted by atomic mass is 16.5. The number of hydrogen-bond acceptors (Lipinski definition) is 5. The topological polar surface area (TPSA) is 67.9 Å². The van der Waals surface area contributed by atoms with Crippen molar-refractivity contribution in [3.05, 3.63) is 64.9 Å². The lowest BCUT2D eigenvalue weighted by Crippen LogP contribution is -2.35. The first-order valence-corrected chi connectivity index (χ1v) is 9.05. The maximum atomic E-state index is 13.1. The van der Waals surface area contributed by atoms with E-state index in [-0.39, 0.29) is 30.7 Å². The third-order valence-electron chi connectivity index (χ3n) is 4.70. The zero-order chi connectivity index (χ0) is 20.3. The summed E-state index contributed by atoms with van der Waals surface area (Å²) < 4.78 is 10.4. The monoisotopic (exact) mass is 380 g/mol. The summed E-state index contributed by atoms with van der Waals surface area (Å²) >= 11 is 0. The van der Waals surface area contributed by atoms with Gasteiger partial charge < -0.3 is 14.8 Å². The molecule has 0 saturated carbocycles.